The van der Waals surface area contributed by atoms with Gasteiger partial charge in [0.05, 0.1) is 22.3 Å². The Morgan fingerprint density at radius 2 is 1.50 bits per heavy atom. The van der Waals surface area contributed by atoms with Crippen molar-refractivity contribution in [3.63, 3.8) is 0 Å². The van der Waals surface area contributed by atoms with Crippen molar-refractivity contribution in [1.82, 2.24) is 10.2 Å². The summed E-state index contributed by atoms with van der Waals surface area (Å²) in [6.07, 6.45) is 2.37. The number of aromatic amines is 1. The number of nitrogens with zero attached hydrogens (tertiary/aromatic N) is 1. The molecule has 0 aliphatic rings. The molecular weight excluding hydrogens is 324 g/mol. The molecule has 122 valence electrons. The number of H-pyrrole nitrogens is 1. The number of benzene rings is 2. The fourth-order valence-electron chi connectivity index (χ4n) is 2.48. The molecule has 0 saturated carbocycles. The van der Waals surface area contributed by atoms with Gasteiger partial charge in [-0.05, 0) is 24.6 Å². The lowest BCUT2D eigenvalue weighted by molar-refractivity contribution is 0.602. The number of hydrogen-bond acceptors (Lipinski definition) is 4. The summed E-state index contributed by atoms with van der Waals surface area (Å²) in [4.78, 5) is 12.6. The van der Waals surface area contributed by atoms with Gasteiger partial charge in [-0.1, -0.05) is 42.0 Å². The molecule has 0 saturated heterocycles. The Balaban J connectivity index is 2.18. The molecular formula is C18H16N2O3S. The van der Waals surface area contributed by atoms with E-state index in [9.17, 15) is 13.2 Å². The molecule has 3 rings (SSSR count). The van der Waals surface area contributed by atoms with Crippen LogP contribution in [0.25, 0.3) is 22.4 Å². The Kier molecular flexibility index (Phi) is 4.07. The van der Waals surface area contributed by atoms with Crippen LogP contribution in [-0.4, -0.2) is 24.9 Å². The van der Waals surface area contributed by atoms with Crippen LogP contribution in [0.3, 0.4) is 0 Å². The van der Waals surface area contributed by atoms with E-state index in [4.69, 9.17) is 0 Å². The Morgan fingerprint density at radius 3 is 2.08 bits per heavy atom. The van der Waals surface area contributed by atoms with E-state index in [1.54, 1.807) is 12.1 Å². The first kappa shape index (κ1) is 16.1. The summed E-state index contributed by atoms with van der Waals surface area (Å²) >= 11 is 0. The monoisotopic (exact) mass is 340 g/mol. The first-order chi connectivity index (χ1) is 11.4. The molecule has 0 bridgehead atoms. The molecule has 0 aliphatic heterocycles. The molecule has 0 fully saturated rings. The van der Waals surface area contributed by atoms with Crippen molar-refractivity contribution in [2.24, 2.45) is 0 Å². The van der Waals surface area contributed by atoms with E-state index in [1.165, 1.54) is 18.3 Å². The van der Waals surface area contributed by atoms with E-state index in [0.717, 1.165) is 17.4 Å². The highest BCUT2D eigenvalue weighted by Gasteiger charge is 2.14. The second kappa shape index (κ2) is 6.05. The number of aromatic nitrogens is 2. The first-order valence-electron chi connectivity index (χ1n) is 7.31. The van der Waals surface area contributed by atoms with Crippen molar-refractivity contribution in [3.05, 3.63) is 70.5 Å². The topological polar surface area (TPSA) is 79.9 Å². The van der Waals surface area contributed by atoms with Gasteiger partial charge in [-0.25, -0.2) is 8.42 Å². The normalized spacial score (nSPS) is 11.4. The maximum absolute atomic E-state index is 12.4. The van der Waals surface area contributed by atoms with Gasteiger partial charge >= 0.3 is 0 Å². The summed E-state index contributed by atoms with van der Waals surface area (Å²) in [5, 5.41) is 6.78. The number of aryl methyl sites for hydroxylation is 1. The predicted molar refractivity (Wildman–Crippen MR) is 93.6 cm³/mol. The average molecular weight is 340 g/mol. The number of nitrogens with one attached hydrogen (secondary N) is 1. The lowest BCUT2D eigenvalue weighted by Gasteiger charge is -2.09. The molecule has 3 aromatic rings. The Morgan fingerprint density at radius 1 is 0.917 bits per heavy atom. The van der Waals surface area contributed by atoms with Crippen LogP contribution in [0, 0.1) is 6.92 Å². The van der Waals surface area contributed by atoms with Crippen LogP contribution in [0.15, 0.2) is 64.4 Å². The van der Waals surface area contributed by atoms with E-state index in [-0.39, 0.29) is 10.3 Å². The van der Waals surface area contributed by atoms with Gasteiger partial charge in [0.25, 0.3) is 0 Å². The minimum atomic E-state index is -3.28. The Labute approximate surface area is 139 Å². The van der Waals surface area contributed by atoms with Gasteiger partial charge in [0, 0.05) is 11.8 Å². The quantitative estimate of drug-likeness (QED) is 0.795. The number of sulfone groups is 1. The van der Waals surface area contributed by atoms with Crippen molar-refractivity contribution in [1.29, 1.82) is 0 Å². The van der Waals surface area contributed by atoms with Gasteiger partial charge in [0.1, 0.15) is 0 Å². The van der Waals surface area contributed by atoms with Gasteiger partial charge in [-0.15, -0.1) is 0 Å². The van der Waals surface area contributed by atoms with Crippen molar-refractivity contribution < 1.29 is 8.42 Å². The third-order valence-electron chi connectivity index (χ3n) is 3.77. The molecule has 0 amide bonds. The molecule has 5 nitrogen and oxygen atoms in total. The number of rotatable bonds is 3. The van der Waals surface area contributed by atoms with Crippen molar-refractivity contribution in [2.75, 3.05) is 6.26 Å². The summed E-state index contributed by atoms with van der Waals surface area (Å²) in [5.74, 6) is 0. The molecule has 1 aromatic heterocycles. The maximum Gasteiger partial charge on any atom is 0.208 e. The smallest absolute Gasteiger partial charge is 0.208 e. The summed E-state index contributed by atoms with van der Waals surface area (Å²) in [6.45, 7) is 1.99. The molecule has 0 radical (unpaired) electrons. The highest BCUT2D eigenvalue weighted by Crippen LogP contribution is 2.28. The third-order valence-corrected chi connectivity index (χ3v) is 4.89. The second-order valence-electron chi connectivity index (χ2n) is 5.65. The molecule has 24 heavy (non-hydrogen) atoms. The minimum Gasteiger partial charge on any atom is -0.287 e. The SMILES string of the molecule is Cc1ccc(-c2[nH]ncc(=O)c2-c2ccc(S(C)(=O)=O)cc2)cc1. The van der Waals surface area contributed by atoms with Crippen LogP contribution in [0.1, 0.15) is 5.56 Å². The molecule has 0 unspecified atom stereocenters. The van der Waals surface area contributed by atoms with Crippen molar-refractivity contribution in [2.45, 2.75) is 11.8 Å². The predicted octanol–water partition coefficient (Wildman–Crippen LogP) is 2.82. The van der Waals surface area contributed by atoms with Gasteiger partial charge < -0.3 is 0 Å². The summed E-state index contributed by atoms with van der Waals surface area (Å²) in [5.41, 5.74) is 3.44. The van der Waals surface area contributed by atoms with Gasteiger partial charge in [0.15, 0.2) is 9.84 Å². The first-order valence-corrected chi connectivity index (χ1v) is 9.20. The average Bonchev–Trinajstić information content (AvgIpc) is 2.55. The van der Waals surface area contributed by atoms with Crippen LogP contribution in [0.4, 0.5) is 0 Å². The van der Waals surface area contributed by atoms with E-state index >= 15 is 0 Å². The molecule has 0 atom stereocenters. The summed E-state index contributed by atoms with van der Waals surface area (Å²) in [7, 11) is -3.28. The molecule has 1 heterocycles. The molecule has 0 aliphatic carbocycles. The Hall–Kier alpha value is -2.73. The zero-order valence-electron chi connectivity index (χ0n) is 13.3. The second-order valence-corrected chi connectivity index (χ2v) is 7.66. The zero-order chi connectivity index (χ0) is 17.3. The van der Waals surface area contributed by atoms with Crippen LogP contribution in [-0.2, 0) is 9.84 Å². The van der Waals surface area contributed by atoms with Crippen LogP contribution in [0.5, 0.6) is 0 Å². The van der Waals surface area contributed by atoms with Crippen LogP contribution >= 0.6 is 0 Å². The summed E-state index contributed by atoms with van der Waals surface area (Å²) < 4.78 is 23.2. The Bertz CT molecular complexity index is 1030. The van der Waals surface area contributed by atoms with Crippen LogP contribution in [0.2, 0.25) is 0 Å². The number of hydrogen-bond donors (Lipinski definition) is 1. The van der Waals surface area contributed by atoms with E-state index < -0.39 is 9.84 Å². The fraction of sp³-hybridized carbons (Fsp3) is 0.111. The van der Waals surface area contributed by atoms with Crippen molar-refractivity contribution >= 4 is 9.84 Å². The highest BCUT2D eigenvalue weighted by molar-refractivity contribution is 7.90. The van der Waals surface area contributed by atoms with Gasteiger partial charge in [-0.2, -0.15) is 5.10 Å². The molecule has 0 spiro atoms. The molecule has 1 N–H and O–H groups in total. The maximum atomic E-state index is 12.4. The lowest BCUT2D eigenvalue weighted by Crippen LogP contribution is -2.09. The van der Waals surface area contributed by atoms with E-state index in [0.29, 0.717) is 16.8 Å². The van der Waals surface area contributed by atoms with E-state index in [1.807, 2.05) is 31.2 Å². The third kappa shape index (κ3) is 3.14. The molecule has 6 heteroatoms. The lowest BCUT2D eigenvalue weighted by atomic mass is 9.99. The highest BCUT2D eigenvalue weighted by atomic mass is 32.2. The zero-order valence-corrected chi connectivity index (χ0v) is 14.1. The van der Waals surface area contributed by atoms with Gasteiger partial charge in [0.2, 0.25) is 5.43 Å². The summed E-state index contributed by atoms with van der Waals surface area (Å²) in [6, 6.07) is 14.0. The largest absolute Gasteiger partial charge is 0.287 e. The van der Waals surface area contributed by atoms with Crippen LogP contribution < -0.4 is 5.43 Å². The van der Waals surface area contributed by atoms with E-state index in [2.05, 4.69) is 10.2 Å². The van der Waals surface area contributed by atoms with Gasteiger partial charge in [-0.3, -0.25) is 9.89 Å². The standard InChI is InChI=1S/C18H16N2O3S/c1-12-3-5-14(6-4-12)18-17(16(21)11-19-20-18)13-7-9-15(10-8-13)24(2,22)23/h3-11H,1-2H3,(H,20,21). The molecule has 2 aromatic carbocycles. The van der Waals surface area contributed by atoms with Crippen molar-refractivity contribution in [3.8, 4) is 22.4 Å². The fourth-order valence-corrected chi connectivity index (χ4v) is 3.11. The minimum absolute atomic E-state index is 0.216.